The van der Waals surface area contributed by atoms with Crippen LogP contribution in [0.1, 0.15) is 41.5 Å². The Morgan fingerprint density at radius 3 is 2.00 bits per heavy atom. The van der Waals surface area contributed by atoms with Crippen molar-refractivity contribution >= 4 is 17.8 Å². The summed E-state index contributed by atoms with van der Waals surface area (Å²) in [5.74, 6) is -1.78. The van der Waals surface area contributed by atoms with E-state index in [4.69, 9.17) is 4.74 Å². The topological polar surface area (TPSA) is 81.7 Å². The van der Waals surface area contributed by atoms with Gasteiger partial charge in [-0.3, -0.25) is 4.79 Å². The molecule has 6 nitrogen and oxygen atoms in total. The summed E-state index contributed by atoms with van der Waals surface area (Å²) in [6, 6.07) is 6.06. The van der Waals surface area contributed by atoms with Crippen LogP contribution in [0.5, 0.6) is 0 Å². The van der Waals surface area contributed by atoms with Gasteiger partial charge in [-0.25, -0.2) is 9.59 Å². The van der Waals surface area contributed by atoms with Crippen LogP contribution in [0.2, 0.25) is 0 Å². The molecule has 0 heterocycles. The lowest BCUT2D eigenvalue weighted by molar-refractivity contribution is -0.129. The maximum Gasteiger partial charge on any atom is 0.339 e. The van der Waals surface area contributed by atoms with Gasteiger partial charge >= 0.3 is 11.9 Å². The van der Waals surface area contributed by atoms with Crippen molar-refractivity contribution < 1.29 is 23.9 Å². The molecule has 0 radical (unpaired) electrons. The van der Waals surface area contributed by atoms with Crippen LogP contribution in [0, 0.1) is 0 Å². The van der Waals surface area contributed by atoms with Gasteiger partial charge in [0.2, 0.25) is 0 Å². The van der Waals surface area contributed by atoms with Gasteiger partial charge in [-0.1, -0.05) is 12.1 Å². The summed E-state index contributed by atoms with van der Waals surface area (Å²) >= 11 is 0. The first-order valence-corrected chi connectivity index (χ1v) is 6.55. The third-order valence-corrected chi connectivity index (χ3v) is 2.64. The minimum atomic E-state index is -0.953. The Morgan fingerprint density at radius 1 is 1.00 bits per heavy atom. The molecule has 0 aliphatic rings. The van der Waals surface area contributed by atoms with Gasteiger partial charge < -0.3 is 14.8 Å². The average Bonchev–Trinajstić information content (AvgIpc) is 2.45. The summed E-state index contributed by atoms with van der Waals surface area (Å²) in [6.07, 6.45) is -0.953. The molecule has 0 aliphatic heterocycles. The number of carbonyl (C=O) groups excluding carboxylic acids is 3. The van der Waals surface area contributed by atoms with Gasteiger partial charge in [-0.2, -0.15) is 0 Å². The van der Waals surface area contributed by atoms with Crippen LogP contribution in [0.3, 0.4) is 0 Å². The quantitative estimate of drug-likeness (QED) is 0.833. The van der Waals surface area contributed by atoms with Crippen LogP contribution in [0.15, 0.2) is 24.3 Å². The van der Waals surface area contributed by atoms with Gasteiger partial charge in [-0.15, -0.1) is 0 Å². The first kappa shape index (κ1) is 16.7. The molecule has 1 N–H and O–H groups in total. The van der Waals surface area contributed by atoms with E-state index in [9.17, 15) is 14.4 Å². The van der Waals surface area contributed by atoms with E-state index in [0.29, 0.717) is 0 Å². The number of rotatable bonds is 5. The lowest BCUT2D eigenvalue weighted by Crippen LogP contribution is -2.39. The number of benzene rings is 1. The van der Waals surface area contributed by atoms with Gasteiger partial charge in [0.1, 0.15) is 0 Å². The number of carbonyl (C=O) groups is 3. The molecule has 1 aromatic rings. The highest BCUT2D eigenvalue weighted by Crippen LogP contribution is 2.12. The second kappa shape index (κ2) is 7.42. The van der Waals surface area contributed by atoms with E-state index in [0.717, 1.165) is 0 Å². The van der Waals surface area contributed by atoms with Crippen molar-refractivity contribution in [2.24, 2.45) is 0 Å². The third-order valence-electron chi connectivity index (χ3n) is 2.64. The molecule has 0 bridgehead atoms. The second-order valence-corrected chi connectivity index (χ2v) is 4.75. The molecule has 1 aromatic carbocycles. The molecule has 1 rings (SSSR count). The molecule has 1 atom stereocenters. The van der Waals surface area contributed by atoms with E-state index >= 15 is 0 Å². The van der Waals surface area contributed by atoms with Crippen molar-refractivity contribution in [3.05, 3.63) is 35.4 Å². The number of amides is 1. The fourth-order valence-corrected chi connectivity index (χ4v) is 1.63. The van der Waals surface area contributed by atoms with E-state index in [1.807, 2.05) is 0 Å². The highest BCUT2D eigenvalue weighted by atomic mass is 16.5. The van der Waals surface area contributed by atoms with Gasteiger partial charge in [-0.05, 0) is 32.9 Å². The summed E-state index contributed by atoms with van der Waals surface area (Å²) in [4.78, 5) is 35.4. The van der Waals surface area contributed by atoms with Crippen LogP contribution >= 0.6 is 0 Å². The molecule has 0 fully saturated rings. The van der Waals surface area contributed by atoms with Gasteiger partial charge in [0.15, 0.2) is 6.10 Å². The number of hydrogen-bond acceptors (Lipinski definition) is 5. The van der Waals surface area contributed by atoms with Crippen molar-refractivity contribution in [2.45, 2.75) is 32.9 Å². The molecule has 0 saturated carbocycles. The fraction of sp³-hybridized carbons (Fsp3) is 0.400. The number of esters is 2. The monoisotopic (exact) mass is 293 g/mol. The number of ether oxygens (including phenoxy) is 2. The zero-order chi connectivity index (χ0) is 16.0. The summed E-state index contributed by atoms with van der Waals surface area (Å²) < 4.78 is 9.68. The first-order chi connectivity index (χ1) is 9.86. The molecule has 1 amide bonds. The highest BCUT2D eigenvalue weighted by molar-refractivity contribution is 6.03. The zero-order valence-electron chi connectivity index (χ0n) is 12.5. The molecule has 114 valence electrons. The van der Waals surface area contributed by atoms with Crippen molar-refractivity contribution in [3.8, 4) is 0 Å². The van der Waals surface area contributed by atoms with E-state index in [1.165, 1.54) is 26.2 Å². The van der Waals surface area contributed by atoms with E-state index in [2.05, 4.69) is 10.1 Å². The molecule has 6 heteroatoms. The highest BCUT2D eigenvalue weighted by Gasteiger charge is 2.23. The SMILES string of the molecule is COC(=O)c1ccccc1C(=O)OC(C)C(=O)NC(C)C. The fourth-order valence-electron chi connectivity index (χ4n) is 1.63. The van der Waals surface area contributed by atoms with Crippen LogP contribution in [-0.2, 0) is 14.3 Å². The second-order valence-electron chi connectivity index (χ2n) is 4.75. The lowest BCUT2D eigenvalue weighted by atomic mass is 10.1. The number of methoxy groups -OCH3 is 1. The van der Waals surface area contributed by atoms with Crippen LogP contribution in [-0.4, -0.2) is 37.1 Å². The number of nitrogens with one attached hydrogen (secondary N) is 1. The number of hydrogen-bond donors (Lipinski definition) is 1. The Labute approximate surface area is 123 Å². The smallest absolute Gasteiger partial charge is 0.339 e. The molecule has 0 spiro atoms. The summed E-state index contributed by atoms with van der Waals surface area (Å²) in [5.41, 5.74) is 0.162. The minimum absolute atomic E-state index is 0.0546. The summed E-state index contributed by atoms with van der Waals surface area (Å²) in [5, 5.41) is 2.64. The minimum Gasteiger partial charge on any atom is -0.465 e. The molecule has 0 saturated heterocycles. The summed E-state index contributed by atoms with van der Waals surface area (Å²) in [7, 11) is 1.23. The van der Waals surface area contributed by atoms with Gasteiger partial charge in [0.25, 0.3) is 5.91 Å². The maximum atomic E-state index is 12.1. The van der Waals surface area contributed by atoms with Crippen molar-refractivity contribution in [3.63, 3.8) is 0 Å². The Balaban J connectivity index is 2.85. The molecule has 0 aliphatic carbocycles. The first-order valence-electron chi connectivity index (χ1n) is 6.55. The largest absolute Gasteiger partial charge is 0.465 e. The Hall–Kier alpha value is -2.37. The van der Waals surface area contributed by atoms with Crippen LogP contribution in [0.25, 0.3) is 0 Å². The Kier molecular flexibility index (Phi) is 5.90. The molecular weight excluding hydrogens is 274 g/mol. The van der Waals surface area contributed by atoms with Gasteiger partial charge in [0, 0.05) is 6.04 Å². The molecular formula is C15H19NO5. The summed E-state index contributed by atoms with van der Waals surface area (Å²) in [6.45, 7) is 5.08. The standard InChI is InChI=1S/C15H19NO5/c1-9(2)16-13(17)10(3)21-15(19)12-8-6-5-7-11(12)14(18)20-4/h5-10H,1-4H3,(H,16,17). The van der Waals surface area contributed by atoms with E-state index in [1.54, 1.807) is 26.0 Å². The van der Waals surface area contributed by atoms with Gasteiger partial charge in [0.05, 0.1) is 18.2 Å². The van der Waals surface area contributed by atoms with Crippen molar-refractivity contribution in [1.82, 2.24) is 5.32 Å². The lowest BCUT2D eigenvalue weighted by Gasteiger charge is -2.16. The average molecular weight is 293 g/mol. The predicted molar refractivity (Wildman–Crippen MR) is 75.9 cm³/mol. The van der Waals surface area contributed by atoms with E-state index in [-0.39, 0.29) is 17.2 Å². The van der Waals surface area contributed by atoms with Crippen molar-refractivity contribution in [2.75, 3.05) is 7.11 Å². The Morgan fingerprint density at radius 2 is 1.52 bits per heavy atom. The van der Waals surface area contributed by atoms with Crippen LogP contribution in [0.4, 0.5) is 0 Å². The third kappa shape index (κ3) is 4.59. The van der Waals surface area contributed by atoms with Crippen LogP contribution < -0.4 is 5.32 Å². The van der Waals surface area contributed by atoms with Crippen molar-refractivity contribution in [1.29, 1.82) is 0 Å². The normalized spacial score (nSPS) is 11.7. The van der Waals surface area contributed by atoms with E-state index < -0.39 is 23.9 Å². The predicted octanol–water partition coefficient (Wildman–Crippen LogP) is 1.54. The molecule has 21 heavy (non-hydrogen) atoms. The molecule has 1 unspecified atom stereocenters. The zero-order valence-corrected chi connectivity index (χ0v) is 12.5. The molecule has 0 aromatic heterocycles. The maximum absolute atomic E-state index is 12.1. The Bertz CT molecular complexity index is 539.